The van der Waals surface area contributed by atoms with Gasteiger partial charge < -0.3 is 16.2 Å². The first-order chi connectivity index (χ1) is 10.2. The molecule has 1 aromatic heterocycles. The third kappa shape index (κ3) is 3.50. The van der Waals surface area contributed by atoms with Crippen molar-refractivity contribution in [3.8, 4) is 11.4 Å². The first-order valence-corrected chi connectivity index (χ1v) is 6.94. The van der Waals surface area contributed by atoms with E-state index >= 15 is 0 Å². The van der Waals surface area contributed by atoms with Crippen LogP contribution in [0.5, 0.6) is 5.75 Å². The number of aromatic nitrogens is 3. The van der Waals surface area contributed by atoms with E-state index in [1.54, 1.807) is 31.4 Å². The van der Waals surface area contributed by atoms with Crippen molar-refractivity contribution in [2.75, 3.05) is 13.7 Å². The maximum Gasteiger partial charge on any atom is 0.347 e. The van der Waals surface area contributed by atoms with Gasteiger partial charge in [0.1, 0.15) is 5.75 Å². The van der Waals surface area contributed by atoms with Crippen LogP contribution in [0, 0.1) is 0 Å². The van der Waals surface area contributed by atoms with Crippen molar-refractivity contribution in [1.29, 1.82) is 0 Å². The minimum absolute atomic E-state index is 0.301. The third-order valence-corrected chi connectivity index (χ3v) is 3.33. The van der Waals surface area contributed by atoms with E-state index in [1.165, 1.54) is 4.57 Å². The summed E-state index contributed by atoms with van der Waals surface area (Å²) in [7, 11) is 1.60. The number of aromatic amines is 1. The van der Waals surface area contributed by atoms with E-state index < -0.39 is 0 Å². The first-order valence-electron chi connectivity index (χ1n) is 6.94. The molecule has 0 bridgehead atoms. The number of nitrogens with one attached hydrogen (secondary N) is 1. The van der Waals surface area contributed by atoms with Crippen LogP contribution in [0.1, 0.15) is 31.1 Å². The number of hydrogen-bond acceptors (Lipinski definition) is 5. The molecule has 2 rings (SSSR count). The number of nitrogens with zero attached hydrogens (tertiary/aromatic N) is 2. The van der Waals surface area contributed by atoms with Gasteiger partial charge in [-0.3, -0.25) is 0 Å². The Bertz CT molecular complexity index is 617. The van der Waals surface area contributed by atoms with Gasteiger partial charge in [0.2, 0.25) is 0 Å². The molecule has 0 spiro atoms. The predicted molar refractivity (Wildman–Crippen MR) is 80.6 cm³/mol. The second-order valence-corrected chi connectivity index (χ2v) is 4.81. The molecule has 0 radical (unpaired) electrons. The molecule has 1 heterocycles. The molecule has 0 fully saturated rings. The molecule has 0 aliphatic rings. The predicted octanol–water partition coefficient (Wildman–Crippen LogP) is 0.698. The topological polar surface area (TPSA) is 112 Å². The van der Waals surface area contributed by atoms with Crippen LogP contribution in [0.25, 0.3) is 5.69 Å². The summed E-state index contributed by atoms with van der Waals surface area (Å²) >= 11 is 0. The summed E-state index contributed by atoms with van der Waals surface area (Å²) in [6.45, 7) is 0.637. The van der Waals surface area contributed by atoms with E-state index in [0.717, 1.165) is 25.0 Å². The number of ether oxygens (including phenoxy) is 1. The summed E-state index contributed by atoms with van der Waals surface area (Å²) in [5.74, 6) is 1.26. The van der Waals surface area contributed by atoms with Crippen molar-refractivity contribution in [1.82, 2.24) is 14.8 Å². The van der Waals surface area contributed by atoms with Gasteiger partial charge in [-0.1, -0.05) is 6.42 Å². The zero-order valence-corrected chi connectivity index (χ0v) is 12.1. The van der Waals surface area contributed by atoms with Crippen LogP contribution in [0.3, 0.4) is 0 Å². The van der Waals surface area contributed by atoms with E-state index in [9.17, 15) is 4.79 Å². The Morgan fingerprint density at radius 2 is 2.05 bits per heavy atom. The maximum atomic E-state index is 12.0. The van der Waals surface area contributed by atoms with Gasteiger partial charge >= 0.3 is 5.69 Å². The second kappa shape index (κ2) is 7.05. The zero-order chi connectivity index (χ0) is 15.2. The highest BCUT2D eigenvalue weighted by atomic mass is 16.5. The van der Waals surface area contributed by atoms with Crippen LogP contribution >= 0.6 is 0 Å². The SMILES string of the molecule is COc1ccc(-n2c(C(N)CCCCN)n[nH]c2=O)cc1. The van der Waals surface area contributed by atoms with Gasteiger partial charge in [0.05, 0.1) is 18.8 Å². The molecule has 0 amide bonds. The summed E-state index contributed by atoms with van der Waals surface area (Å²) in [6, 6.07) is 6.87. The van der Waals surface area contributed by atoms with E-state index in [1.807, 2.05) is 0 Å². The quantitative estimate of drug-likeness (QED) is 0.650. The fourth-order valence-electron chi connectivity index (χ4n) is 2.18. The van der Waals surface area contributed by atoms with Gasteiger partial charge in [-0.25, -0.2) is 14.5 Å². The Morgan fingerprint density at radius 1 is 1.33 bits per heavy atom. The number of benzene rings is 1. The smallest absolute Gasteiger partial charge is 0.347 e. The zero-order valence-electron chi connectivity index (χ0n) is 12.1. The molecule has 1 unspecified atom stereocenters. The van der Waals surface area contributed by atoms with Gasteiger partial charge in [-0.2, -0.15) is 5.10 Å². The molecule has 0 saturated heterocycles. The largest absolute Gasteiger partial charge is 0.497 e. The lowest BCUT2D eigenvalue weighted by Gasteiger charge is -2.12. The number of unbranched alkanes of at least 4 members (excludes halogenated alkanes) is 1. The maximum absolute atomic E-state index is 12.0. The monoisotopic (exact) mass is 291 g/mol. The Kier molecular flexibility index (Phi) is 5.13. The van der Waals surface area contributed by atoms with Gasteiger partial charge in [-0.15, -0.1) is 0 Å². The standard InChI is InChI=1S/C14H21N5O2/c1-21-11-7-5-10(6-8-11)19-13(17-18-14(19)20)12(16)4-2-3-9-15/h5-8,12H,2-4,9,15-16H2,1H3,(H,18,20). The van der Waals surface area contributed by atoms with Crippen LogP contribution in [0.15, 0.2) is 29.1 Å². The van der Waals surface area contributed by atoms with Gasteiger partial charge in [0.15, 0.2) is 5.82 Å². The number of hydrogen-bond donors (Lipinski definition) is 3. The molecule has 5 N–H and O–H groups in total. The van der Waals surface area contributed by atoms with E-state index in [4.69, 9.17) is 16.2 Å². The van der Waals surface area contributed by atoms with Crippen LogP contribution in [-0.4, -0.2) is 28.4 Å². The average Bonchev–Trinajstić information content (AvgIpc) is 2.89. The third-order valence-electron chi connectivity index (χ3n) is 3.33. The highest BCUT2D eigenvalue weighted by molar-refractivity contribution is 5.38. The van der Waals surface area contributed by atoms with Gasteiger partial charge in [0.25, 0.3) is 0 Å². The van der Waals surface area contributed by atoms with Crippen LogP contribution in [0.4, 0.5) is 0 Å². The molecular formula is C14H21N5O2. The van der Waals surface area contributed by atoms with E-state index in [2.05, 4.69) is 10.2 Å². The number of rotatable bonds is 7. The molecule has 2 aromatic rings. The van der Waals surface area contributed by atoms with E-state index in [-0.39, 0.29) is 11.7 Å². The lowest BCUT2D eigenvalue weighted by atomic mass is 10.1. The van der Waals surface area contributed by atoms with Gasteiger partial charge in [-0.05, 0) is 43.7 Å². The first kappa shape index (κ1) is 15.3. The molecule has 21 heavy (non-hydrogen) atoms. The summed E-state index contributed by atoms with van der Waals surface area (Å²) in [5.41, 5.74) is 12.0. The van der Waals surface area contributed by atoms with Crippen molar-refractivity contribution in [2.45, 2.75) is 25.3 Å². The Morgan fingerprint density at radius 3 is 2.67 bits per heavy atom. The number of methoxy groups -OCH3 is 1. The highest BCUT2D eigenvalue weighted by Crippen LogP contribution is 2.18. The normalized spacial score (nSPS) is 12.3. The van der Waals surface area contributed by atoms with Crippen molar-refractivity contribution >= 4 is 0 Å². The van der Waals surface area contributed by atoms with Crippen molar-refractivity contribution in [3.63, 3.8) is 0 Å². The fourth-order valence-corrected chi connectivity index (χ4v) is 2.18. The molecule has 1 atom stereocenters. The molecular weight excluding hydrogens is 270 g/mol. The lowest BCUT2D eigenvalue weighted by molar-refractivity contribution is 0.414. The average molecular weight is 291 g/mol. The highest BCUT2D eigenvalue weighted by Gasteiger charge is 2.17. The van der Waals surface area contributed by atoms with Crippen LogP contribution in [0.2, 0.25) is 0 Å². The Hall–Kier alpha value is -2.12. The van der Waals surface area contributed by atoms with Gasteiger partial charge in [0, 0.05) is 0 Å². The second-order valence-electron chi connectivity index (χ2n) is 4.81. The molecule has 0 aliphatic heterocycles. The molecule has 1 aromatic carbocycles. The number of nitrogens with two attached hydrogens (primary N) is 2. The molecule has 7 heteroatoms. The lowest BCUT2D eigenvalue weighted by Crippen LogP contribution is -2.22. The van der Waals surface area contributed by atoms with E-state index in [0.29, 0.717) is 18.1 Å². The van der Waals surface area contributed by atoms with Crippen molar-refractivity contribution in [3.05, 3.63) is 40.6 Å². The molecule has 114 valence electrons. The Labute approximate surface area is 122 Å². The molecule has 0 aliphatic carbocycles. The van der Waals surface area contributed by atoms with Crippen molar-refractivity contribution in [2.24, 2.45) is 11.5 Å². The van der Waals surface area contributed by atoms with Crippen LogP contribution < -0.4 is 21.9 Å². The fraction of sp³-hybridized carbons (Fsp3) is 0.429. The summed E-state index contributed by atoms with van der Waals surface area (Å²) in [6.07, 6.45) is 2.55. The van der Waals surface area contributed by atoms with Crippen LogP contribution in [-0.2, 0) is 0 Å². The summed E-state index contributed by atoms with van der Waals surface area (Å²) in [4.78, 5) is 12.0. The molecule has 0 saturated carbocycles. The summed E-state index contributed by atoms with van der Waals surface area (Å²) < 4.78 is 6.61. The minimum Gasteiger partial charge on any atom is -0.497 e. The molecule has 7 nitrogen and oxygen atoms in total. The minimum atomic E-state index is -0.308. The number of H-pyrrole nitrogens is 1. The summed E-state index contributed by atoms with van der Waals surface area (Å²) in [5, 5.41) is 6.51. The Balaban J connectivity index is 2.26. The van der Waals surface area contributed by atoms with Crippen molar-refractivity contribution < 1.29 is 4.74 Å².